The molecule has 0 atom stereocenters. The van der Waals surface area contributed by atoms with Gasteiger partial charge in [-0.05, 0) is 67.4 Å². The van der Waals surface area contributed by atoms with Gasteiger partial charge in [0.15, 0.2) is 11.5 Å². The molecule has 9 nitrogen and oxygen atoms in total. The van der Waals surface area contributed by atoms with Gasteiger partial charge in [0.2, 0.25) is 18.5 Å². The Balaban J connectivity index is 1.46. The van der Waals surface area contributed by atoms with E-state index in [2.05, 4.69) is 10.1 Å². The Morgan fingerprint density at radius 2 is 1.74 bits per heavy atom. The normalized spacial score (nSPS) is 12.4. The van der Waals surface area contributed by atoms with Gasteiger partial charge in [-0.3, -0.25) is 9.36 Å². The molecule has 3 aromatic carbocycles. The molecular weight excluding hydrogens is 448 g/mol. The van der Waals surface area contributed by atoms with Crippen LogP contribution in [-0.4, -0.2) is 26.1 Å². The molecule has 0 fully saturated rings. The third-order valence-electron chi connectivity index (χ3n) is 6.19. The van der Waals surface area contributed by atoms with Gasteiger partial charge in [-0.15, -0.1) is 0 Å². The van der Waals surface area contributed by atoms with E-state index < -0.39 is 5.69 Å². The molecule has 6 rings (SSSR count). The van der Waals surface area contributed by atoms with Gasteiger partial charge in [0, 0.05) is 5.56 Å². The zero-order valence-electron chi connectivity index (χ0n) is 19.0. The van der Waals surface area contributed by atoms with Crippen LogP contribution in [0.3, 0.4) is 0 Å². The monoisotopic (exact) mass is 468 g/mol. The predicted octanol–water partition coefficient (Wildman–Crippen LogP) is 3.60. The Bertz CT molecular complexity index is 1730. The maximum absolute atomic E-state index is 13.6. The van der Waals surface area contributed by atoms with Crippen LogP contribution in [-0.2, 0) is 6.54 Å². The average molecular weight is 468 g/mol. The van der Waals surface area contributed by atoms with E-state index in [1.165, 1.54) is 9.13 Å². The fraction of sp³-hybridized carbons (Fsp3) is 0.154. The summed E-state index contributed by atoms with van der Waals surface area (Å²) >= 11 is 0. The summed E-state index contributed by atoms with van der Waals surface area (Å²) < 4.78 is 18.9. The lowest BCUT2D eigenvalue weighted by atomic mass is 10.1. The lowest BCUT2D eigenvalue weighted by Crippen LogP contribution is -2.39. The Labute approximate surface area is 198 Å². The lowest BCUT2D eigenvalue weighted by Gasteiger charge is -2.13. The molecule has 2 aromatic heterocycles. The number of fused-ring (bicyclic) bond motifs is 2. The molecule has 35 heavy (non-hydrogen) atoms. The molecule has 0 saturated heterocycles. The summed E-state index contributed by atoms with van der Waals surface area (Å²) in [7, 11) is 0. The Kier molecular flexibility index (Phi) is 4.77. The molecule has 174 valence electrons. The molecule has 9 heteroatoms. The van der Waals surface area contributed by atoms with E-state index >= 15 is 0 Å². The number of hydrogen-bond donors (Lipinski definition) is 0. The second kappa shape index (κ2) is 7.98. The smallest absolute Gasteiger partial charge is 0.336 e. The van der Waals surface area contributed by atoms with Crippen molar-refractivity contribution >= 4 is 10.9 Å². The van der Waals surface area contributed by atoms with Crippen LogP contribution in [0.2, 0.25) is 0 Å². The minimum Gasteiger partial charge on any atom is -0.454 e. The number of para-hydroxylation sites is 1. The first-order chi connectivity index (χ1) is 17.0. The summed E-state index contributed by atoms with van der Waals surface area (Å²) in [6, 6.07) is 17.9. The van der Waals surface area contributed by atoms with Crippen LogP contribution in [0.1, 0.15) is 17.0 Å². The van der Waals surface area contributed by atoms with E-state index in [-0.39, 0.29) is 24.8 Å². The Morgan fingerprint density at radius 1 is 0.914 bits per heavy atom. The van der Waals surface area contributed by atoms with Gasteiger partial charge in [-0.1, -0.05) is 23.4 Å². The molecule has 0 radical (unpaired) electrons. The van der Waals surface area contributed by atoms with Gasteiger partial charge >= 0.3 is 5.69 Å². The number of aromatic nitrogens is 4. The van der Waals surface area contributed by atoms with Gasteiger partial charge in [-0.25, -0.2) is 9.36 Å². The molecule has 3 heterocycles. The molecule has 0 unspecified atom stereocenters. The van der Waals surface area contributed by atoms with E-state index in [9.17, 15) is 9.59 Å². The zero-order valence-corrected chi connectivity index (χ0v) is 19.0. The standard InChI is InChI=1S/C26H20N4O5/c1-15-7-9-18(11-16(15)2)30-25(31)19-5-3-4-6-20(19)29(26(30)32)13-23-27-24(28-35-23)17-8-10-21-22(12-17)34-14-33-21/h3-12H,13-14H2,1-2H3. The van der Waals surface area contributed by atoms with E-state index in [0.29, 0.717) is 39.5 Å². The van der Waals surface area contributed by atoms with Crippen LogP contribution in [0.4, 0.5) is 0 Å². The zero-order chi connectivity index (χ0) is 24.1. The average Bonchev–Trinajstić information content (AvgIpc) is 3.53. The first-order valence-corrected chi connectivity index (χ1v) is 11.0. The quantitative estimate of drug-likeness (QED) is 0.397. The number of nitrogens with zero attached hydrogens (tertiary/aromatic N) is 4. The maximum atomic E-state index is 13.6. The fourth-order valence-electron chi connectivity index (χ4n) is 4.17. The van der Waals surface area contributed by atoms with Crippen LogP contribution < -0.4 is 20.7 Å². The van der Waals surface area contributed by atoms with Crippen molar-refractivity contribution in [2.24, 2.45) is 0 Å². The SMILES string of the molecule is Cc1ccc(-n2c(=O)c3ccccc3n(Cc3nc(-c4ccc5c(c4)OCO5)no3)c2=O)cc1C. The third-order valence-corrected chi connectivity index (χ3v) is 6.19. The molecule has 0 spiro atoms. The Morgan fingerprint density at radius 3 is 2.60 bits per heavy atom. The van der Waals surface area contributed by atoms with Crippen molar-refractivity contribution in [2.75, 3.05) is 6.79 Å². The molecule has 0 saturated carbocycles. The highest BCUT2D eigenvalue weighted by atomic mass is 16.7. The van der Waals surface area contributed by atoms with E-state index in [1.807, 2.05) is 32.0 Å². The predicted molar refractivity (Wildman–Crippen MR) is 128 cm³/mol. The van der Waals surface area contributed by atoms with Crippen molar-refractivity contribution in [3.05, 3.63) is 98.5 Å². The van der Waals surface area contributed by atoms with Gasteiger partial charge in [0.25, 0.3) is 5.56 Å². The molecule has 0 bridgehead atoms. The fourth-order valence-corrected chi connectivity index (χ4v) is 4.17. The summed E-state index contributed by atoms with van der Waals surface area (Å²) in [6.07, 6.45) is 0. The molecule has 0 N–H and O–H groups in total. The van der Waals surface area contributed by atoms with Crippen LogP contribution in [0.5, 0.6) is 11.5 Å². The number of aryl methyl sites for hydroxylation is 2. The van der Waals surface area contributed by atoms with Crippen molar-refractivity contribution in [1.82, 2.24) is 19.3 Å². The number of hydrogen-bond acceptors (Lipinski definition) is 7. The number of rotatable bonds is 4. The van der Waals surface area contributed by atoms with Crippen molar-refractivity contribution < 1.29 is 14.0 Å². The maximum Gasteiger partial charge on any atom is 0.336 e. The topological polar surface area (TPSA) is 101 Å². The van der Waals surface area contributed by atoms with Crippen LogP contribution >= 0.6 is 0 Å². The largest absolute Gasteiger partial charge is 0.454 e. The first-order valence-electron chi connectivity index (χ1n) is 11.0. The molecule has 5 aromatic rings. The first kappa shape index (κ1) is 20.9. The molecule has 0 aliphatic carbocycles. The Hall–Kier alpha value is -4.66. The van der Waals surface area contributed by atoms with Gasteiger partial charge in [-0.2, -0.15) is 4.98 Å². The second-order valence-corrected chi connectivity index (χ2v) is 8.37. The van der Waals surface area contributed by atoms with Gasteiger partial charge < -0.3 is 14.0 Å². The molecular formula is C26H20N4O5. The highest BCUT2D eigenvalue weighted by molar-refractivity contribution is 5.78. The van der Waals surface area contributed by atoms with Gasteiger partial charge in [0.1, 0.15) is 6.54 Å². The van der Waals surface area contributed by atoms with Crippen molar-refractivity contribution in [2.45, 2.75) is 20.4 Å². The number of ether oxygens (including phenoxy) is 2. The highest BCUT2D eigenvalue weighted by Gasteiger charge is 2.19. The lowest BCUT2D eigenvalue weighted by molar-refractivity contribution is 0.174. The molecule has 0 amide bonds. The minimum absolute atomic E-state index is 0.00201. The minimum atomic E-state index is -0.486. The third kappa shape index (κ3) is 3.48. The van der Waals surface area contributed by atoms with Crippen LogP contribution in [0, 0.1) is 13.8 Å². The van der Waals surface area contributed by atoms with Crippen molar-refractivity contribution in [3.63, 3.8) is 0 Å². The summed E-state index contributed by atoms with van der Waals surface area (Å²) in [5.74, 6) is 1.86. The van der Waals surface area contributed by atoms with E-state index in [0.717, 1.165) is 11.1 Å². The summed E-state index contributed by atoms with van der Waals surface area (Å²) in [5, 5.41) is 4.49. The van der Waals surface area contributed by atoms with Crippen LogP contribution in [0.15, 0.2) is 74.8 Å². The highest BCUT2D eigenvalue weighted by Crippen LogP contribution is 2.35. The van der Waals surface area contributed by atoms with E-state index in [1.54, 1.807) is 42.5 Å². The second-order valence-electron chi connectivity index (χ2n) is 8.37. The molecule has 1 aliphatic heterocycles. The molecule has 1 aliphatic rings. The van der Waals surface area contributed by atoms with Crippen molar-refractivity contribution in [1.29, 1.82) is 0 Å². The van der Waals surface area contributed by atoms with E-state index in [4.69, 9.17) is 14.0 Å². The summed E-state index contributed by atoms with van der Waals surface area (Å²) in [4.78, 5) is 31.4. The van der Waals surface area contributed by atoms with Crippen molar-refractivity contribution in [3.8, 4) is 28.6 Å². The van der Waals surface area contributed by atoms with Crippen LogP contribution in [0.25, 0.3) is 28.0 Å². The number of benzene rings is 3. The summed E-state index contributed by atoms with van der Waals surface area (Å²) in [6.45, 7) is 4.10. The van der Waals surface area contributed by atoms with Gasteiger partial charge in [0.05, 0.1) is 16.6 Å². The summed E-state index contributed by atoms with van der Waals surface area (Å²) in [5.41, 5.74) is 2.89.